The van der Waals surface area contributed by atoms with Gasteiger partial charge in [-0.1, -0.05) is 0 Å². The smallest absolute Gasteiger partial charge is 0.331 e. The number of carbonyl (C=O) groups is 1. The molecule has 31 aromatic rings. The zero-order valence-corrected chi connectivity index (χ0v) is 37.9. The van der Waals surface area contributed by atoms with Crippen molar-refractivity contribution in [2.24, 2.45) is 0 Å². The van der Waals surface area contributed by atoms with Gasteiger partial charge in [0.1, 0.15) is 6.10 Å². The molecule has 314 valence electrons. The minimum atomic E-state index is -0.849. The first-order chi connectivity index (χ1) is 36.0. The molecule has 5 heteroatoms. The Labute approximate surface area is 396 Å². The van der Waals surface area contributed by atoms with Gasteiger partial charge in [0.25, 0.3) is 0 Å². The van der Waals surface area contributed by atoms with Gasteiger partial charge in [-0.2, -0.15) is 0 Å². The van der Waals surface area contributed by atoms with Crippen LogP contribution in [0.15, 0.2) is 0 Å². The zero-order chi connectivity index (χ0) is 44.3. The van der Waals surface area contributed by atoms with E-state index in [-0.39, 0.29) is 5.97 Å². The van der Waals surface area contributed by atoms with Crippen molar-refractivity contribution in [2.45, 2.75) is 31.8 Å². The second-order valence-corrected chi connectivity index (χ2v) is 26.2. The molecule has 1 aromatic heterocycles. The maximum absolute atomic E-state index is 15.6. The Bertz CT molecular complexity index is 7160. The maximum atomic E-state index is 15.6. The van der Waals surface area contributed by atoms with Crippen LogP contribution in [0, 0.1) is 0 Å². The molecular weight excluding hydrogens is 895 g/mol. The van der Waals surface area contributed by atoms with Crippen LogP contribution in [0.3, 0.4) is 0 Å². The molecule has 0 N–H and O–H groups in total. The van der Waals surface area contributed by atoms with E-state index in [9.17, 15) is 0 Å². The summed E-state index contributed by atoms with van der Waals surface area (Å²) >= 11 is 0. The minimum Gasteiger partial charge on any atom is -0.467 e. The molecule has 2 heterocycles. The fourth-order valence-corrected chi connectivity index (χ4v) is 24.2. The monoisotopic (exact) mass is 907 g/mol. The van der Waals surface area contributed by atoms with Crippen molar-refractivity contribution in [1.29, 1.82) is 0 Å². The summed E-state index contributed by atoms with van der Waals surface area (Å²) in [5.41, 5.74) is 2.45. The van der Waals surface area contributed by atoms with E-state index in [0.717, 1.165) is 0 Å². The van der Waals surface area contributed by atoms with Crippen LogP contribution in [0.1, 0.15) is 19.9 Å². The van der Waals surface area contributed by atoms with E-state index < -0.39 is 17.9 Å². The molecule has 1 aliphatic heterocycles. The molecule has 1 saturated heterocycles. The zero-order valence-electron chi connectivity index (χ0n) is 37.9. The summed E-state index contributed by atoms with van der Waals surface area (Å²) in [7, 11) is 1.59. The molecule has 30 aromatic carbocycles. The Morgan fingerprint density at radius 1 is 0.342 bits per heavy atom. The van der Waals surface area contributed by atoms with Gasteiger partial charge in [-0.15, -0.1) is 0 Å². The number of fused-ring (bicyclic) bond motifs is 5. The molecule has 0 saturated carbocycles. The highest BCUT2D eigenvalue weighted by molar-refractivity contribution is 6.84. The average molecular weight is 908 g/mol. The van der Waals surface area contributed by atoms with Gasteiger partial charge in [0.2, 0.25) is 0 Å². The Morgan fingerprint density at radius 2 is 0.507 bits per heavy atom. The van der Waals surface area contributed by atoms with Gasteiger partial charge in [0.05, 0.1) is 24.8 Å². The second kappa shape index (κ2) is 6.60. The Morgan fingerprint density at radius 3 is 0.658 bits per heavy atom. The van der Waals surface area contributed by atoms with Gasteiger partial charge in [-0.3, -0.25) is 0 Å². The number of ether oxygens (including phenoxy) is 3. The van der Waals surface area contributed by atoms with Gasteiger partial charge < -0.3 is 18.8 Å². The van der Waals surface area contributed by atoms with Gasteiger partial charge in [0, 0.05) is 312 Å². The van der Waals surface area contributed by atoms with Gasteiger partial charge in [-0.05, 0) is 13.8 Å². The number of aromatic nitrogens is 1. The normalized spacial score (nSPS) is 20.1. The predicted molar refractivity (Wildman–Crippen MR) is 304 cm³/mol. The summed E-state index contributed by atoms with van der Waals surface area (Å²) in [5.74, 6) is -1.11. The number of benzene rings is 19. The van der Waals surface area contributed by atoms with Crippen LogP contribution in [0.5, 0.6) is 0 Å². The SMILES string of the molecule is COC(=O)[C@H]([C@@H]1COC(C)(C)O1)n1c2c3c4c5c6c7c8c9c%10c%11c%12c9c9c7c7c%13c9c9c%12c%12c%14c%11c%11c%15c%10c%10c8c6c6c8c%10c%15c%10c%15c%11c%14c%11c%14c%12c9c9c%13c(c3c75)c3c9c%14c5c%11c%15c7c%10c8c(c64)c2c7c5c31. The number of rotatable bonds is 3. The van der Waals surface area contributed by atoms with E-state index in [1.807, 2.05) is 13.8 Å². The molecule has 0 aliphatic carbocycles. The number of pyridine rings is 1. The lowest BCUT2D eigenvalue weighted by Gasteiger charge is -2.30. The lowest BCUT2D eigenvalue weighted by molar-refractivity contribution is -0.159. The molecule has 0 bridgehead atoms. The van der Waals surface area contributed by atoms with Gasteiger partial charge >= 0.3 is 5.97 Å². The number of methoxy groups -OCH3 is 1. The number of esters is 1. The predicted octanol–water partition coefficient (Wildman–Crippen LogP) is 18.0. The summed E-state index contributed by atoms with van der Waals surface area (Å²) in [6, 6.07) is -0.792. The van der Waals surface area contributed by atoms with E-state index in [1.165, 1.54) is 173 Å². The van der Waals surface area contributed by atoms with Crippen molar-refractivity contribution in [3.05, 3.63) is 0 Å². The van der Waals surface area contributed by atoms with Crippen LogP contribution < -0.4 is 0 Å². The summed E-state index contributed by atoms with van der Waals surface area (Å²) in [6.07, 6.45) is -0.560. The number of hydrogen-bond acceptors (Lipinski definition) is 4. The van der Waals surface area contributed by atoms with Crippen molar-refractivity contribution in [3.63, 3.8) is 0 Å². The van der Waals surface area contributed by atoms with Crippen molar-refractivity contribution in [3.8, 4) is 0 Å². The third-order valence-electron chi connectivity index (χ3n) is 24.8. The standard InChI is InChI=1S/C68H13NO4/c1-68(2)72-4-5(73-68)64(67(70)71-3)69-65-60-53-46-34-26-17-8-6-7-9-12(8)21-28(26)36-37-29(21)27-18(9)20-16-11(7)14-13-10(6)15-19(17)32(34)40-38-24(15)22(13)30-31-23(14)25(16)39-41-33(20)35(27)47-49(37)58(57(60)48(36)46)61-54(47)52(41)56-45(39)43(31)50-42(30)44(38)55(51(40)53)62(65)59(50)63(56)66(61)69/h5,64H,4H2,1-3H3/t5-,64-/m0/s1. The first-order valence-corrected chi connectivity index (χ1v) is 26.7. The van der Waals surface area contributed by atoms with Crippen LogP contribution >= 0.6 is 0 Å². The van der Waals surface area contributed by atoms with E-state index in [0.29, 0.717) is 6.61 Å². The molecule has 1 fully saturated rings. The summed E-state index contributed by atoms with van der Waals surface area (Å²) in [4.78, 5) is 15.6. The highest BCUT2D eigenvalue weighted by Crippen LogP contribution is 2.80. The van der Waals surface area contributed by atoms with Crippen LogP contribution in [0.4, 0.5) is 0 Å². The molecule has 2 atom stereocenters. The molecule has 5 nitrogen and oxygen atoms in total. The van der Waals surface area contributed by atoms with Crippen LogP contribution in [0.25, 0.3) is 323 Å². The Balaban J connectivity index is 1.17. The average Bonchev–Trinajstić information content (AvgIpc) is 3.82. The van der Waals surface area contributed by atoms with Crippen molar-refractivity contribution < 1.29 is 19.0 Å². The summed E-state index contributed by atoms with van der Waals surface area (Å²) in [5, 5.41) is 88.8. The molecule has 0 spiro atoms. The lowest BCUT2D eigenvalue weighted by atomic mass is 9.84. The first-order valence-electron chi connectivity index (χ1n) is 26.7. The van der Waals surface area contributed by atoms with Gasteiger partial charge in [-0.25, -0.2) is 4.79 Å². The van der Waals surface area contributed by atoms with Crippen molar-refractivity contribution >= 4 is 329 Å². The minimum absolute atomic E-state index is 0.258. The fraction of sp³-hybridized carbons (Fsp3) is 0.103. The largest absolute Gasteiger partial charge is 0.467 e. The van der Waals surface area contributed by atoms with Crippen molar-refractivity contribution in [1.82, 2.24) is 4.57 Å². The molecular formula is C68H13NO4. The van der Waals surface area contributed by atoms with Crippen LogP contribution in [-0.4, -0.2) is 36.1 Å². The topological polar surface area (TPSA) is 49.7 Å². The third-order valence-corrected chi connectivity index (χ3v) is 24.8. The number of nitrogens with zero attached hydrogens (tertiary/aromatic N) is 1. The number of hydrogen-bond donors (Lipinski definition) is 0. The Kier molecular flexibility index (Phi) is 2.57. The van der Waals surface area contributed by atoms with Crippen LogP contribution in [0.2, 0.25) is 0 Å². The molecule has 1 aliphatic rings. The fourth-order valence-electron chi connectivity index (χ4n) is 24.2. The second-order valence-electron chi connectivity index (χ2n) is 26.2. The van der Waals surface area contributed by atoms with E-state index in [1.54, 1.807) is 158 Å². The maximum Gasteiger partial charge on any atom is 0.331 e. The molecule has 73 heavy (non-hydrogen) atoms. The molecule has 32 rings (SSSR count). The lowest BCUT2D eigenvalue weighted by Crippen LogP contribution is -2.35. The Hall–Kier alpha value is -8.61. The highest BCUT2D eigenvalue weighted by atomic mass is 16.7. The summed E-state index contributed by atoms with van der Waals surface area (Å²) in [6.45, 7) is 4.32. The van der Waals surface area contributed by atoms with Crippen LogP contribution in [-0.2, 0) is 19.0 Å². The molecule has 0 unspecified atom stereocenters. The quantitative estimate of drug-likeness (QED) is 0.101. The first kappa shape index (κ1) is 28.4. The van der Waals surface area contributed by atoms with Gasteiger partial charge in [0.15, 0.2) is 11.8 Å². The van der Waals surface area contributed by atoms with E-state index in [4.69, 9.17) is 14.2 Å². The van der Waals surface area contributed by atoms with E-state index >= 15 is 4.79 Å². The third kappa shape index (κ3) is 1.65. The number of carbonyl (C=O) groups excluding carboxylic acids is 1. The molecule has 0 radical (unpaired) electrons. The highest BCUT2D eigenvalue weighted by Gasteiger charge is 2.52. The van der Waals surface area contributed by atoms with Crippen molar-refractivity contribution in [2.75, 3.05) is 13.7 Å². The van der Waals surface area contributed by atoms with E-state index in [2.05, 4.69) is 4.57 Å². The molecule has 0 amide bonds. The summed E-state index contributed by atoms with van der Waals surface area (Å²) < 4.78 is 22.3.